The zero-order valence-electron chi connectivity index (χ0n) is 13.0. The second kappa shape index (κ2) is 8.47. The molecule has 2 amide bonds. The van der Waals surface area contributed by atoms with Crippen LogP contribution >= 0.6 is 11.6 Å². The first kappa shape index (κ1) is 18.0. The van der Waals surface area contributed by atoms with Crippen molar-refractivity contribution < 1.29 is 19.0 Å². The first-order valence-electron chi connectivity index (χ1n) is 7.72. The third-order valence-electron chi connectivity index (χ3n) is 4.12. The van der Waals surface area contributed by atoms with E-state index in [1.807, 2.05) is 6.92 Å². The molecule has 23 heavy (non-hydrogen) atoms. The Kier molecular flexibility index (Phi) is 6.62. The first-order valence-corrected chi connectivity index (χ1v) is 8.10. The maximum absolute atomic E-state index is 13.4. The van der Waals surface area contributed by atoms with Gasteiger partial charge in [0.15, 0.2) is 0 Å². The monoisotopic (exact) mass is 344 g/mol. The Bertz CT molecular complexity index is 538. The van der Waals surface area contributed by atoms with E-state index in [1.54, 1.807) is 0 Å². The van der Waals surface area contributed by atoms with E-state index in [4.69, 9.17) is 16.3 Å². The lowest BCUT2D eigenvalue weighted by Crippen LogP contribution is -2.46. The lowest BCUT2D eigenvalue weighted by molar-refractivity contribution is 0.0570. The number of aliphatic hydroxyl groups excluding tert-OH is 1. The molecule has 128 valence electrons. The molecule has 1 heterocycles. The summed E-state index contributed by atoms with van der Waals surface area (Å²) in [6, 6.07) is 3.75. The molecule has 1 aromatic rings. The SMILES string of the molecule is C[C@H](NC(=O)NC[C@H](O)c1ccc(Cl)c(F)c1)C1CCOCC1. The van der Waals surface area contributed by atoms with Crippen molar-refractivity contribution in [3.05, 3.63) is 34.6 Å². The number of halogens is 2. The van der Waals surface area contributed by atoms with E-state index < -0.39 is 11.9 Å². The highest BCUT2D eigenvalue weighted by molar-refractivity contribution is 6.30. The molecule has 0 unspecified atom stereocenters. The van der Waals surface area contributed by atoms with E-state index in [-0.39, 0.29) is 23.6 Å². The van der Waals surface area contributed by atoms with E-state index in [2.05, 4.69) is 10.6 Å². The molecule has 7 heteroatoms. The lowest BCUT2D eigenvalue weighted by atomic mass is 9.93. The van der Waals surface area contributed by atoms with Gasteiger partial charge in [-0.3, -0.25) is 0 Å². The largest absolute Gasteiger partial charge is 0.387 e. The number of rotatable bonds is 5. The van der Waals surface area contributed by atoms with Crippen molar-refractivity contribution in [1.82, 2.24) is 10.6 Å². The summed E-state index contributed by atoms with van der Waals surface area (Å²) >= 11 is 5.60. The summed E-state index contributed by atoms with van der Waals surface area (Å²) in [7, 11) is 0. The highest BCUT2D eigenvalue weighted by Crippen LogP contribution is 2.20. The van der Waals surface area contributed by atoms with Crippen molar-refractivity contribution in [2.24, 2.45) is 5.92 Å². The normalized spacial score (nSPS) is 18.3. The number of aliphatic hydroxyl groups is 1. The Hall–Kier alpha value is -1.37. The lowest BCUT2D eigenvalue weighted by Gasteiger charge is -2.28. The van der Waals surface area contributed by atoms with E-state index >= 15 is 0 Å². The smallest absolute Gasteiger partial charge is 0.315 e. The topological polar surface area (TPSA) is 70.6 Å². The van der Waals surface area contributed by atoms with Crippen molar-refractivity contribution in [3.8, 4) is 0 Å². The van der Waals surface area contributed by atoms with E-state index in [0.29, 0.717) is 11.5 Å². The van der Waals surface area contributed by atoms with Gasteiger partial charge < -0.3 is 20.5 Å². The molecule has 0 aliphatic carbocycles. The Labute approximate surface area is 140 Å². The zero-order chi connectivity index (χ0) is 16.8. The van der Waals surface area contributed by atoms with Crippen molar-refractivity contribution in [3.63, 3.8) is 0 Å². The minimum absolute atomic E-state index is 0.00283. The second-order valence-electron chi connectivity index (χ2n) is 5.78. The van der Waals surface area contributed by atoms with Gasteiger partial charge in [-0.25, -0.2) is 9.18 Å². The molecule has 1 aliphatic rings. The quantitative estimate of drug-likeness (QED) is 0.769. The second-order valence-corrected chi connectivity index (χ2v) is 6.19. The number of urea groups is 1. The molecule has 2 rings (SSSR count). The van der Waals surface area contributed by atoms with E-state index in [1.165, 1.54) is 12.1 Å². The van der Waals surface area contributed by atoms with Crippen LogP contribution in [-0.4, -0.2) is 36.9 Å². The van der Waals surface area contributed by atoms with Crippen LogP contribution in [0.1, 0.15) is 31.4 Å². The van der Waals surface area contributed by atoms with Crippen LogP contribution in [0.25, 0.3) is 0 Å². The van der Waals surface area contributed by atoms with Crippen LogP contribution < -0.4 is 10.6 Å². The van der Waals surface area contributed by atoms with Gasteiger partial charge in [-0.2, -0.15) is 0 Å². The van der Waals surface area contributed by atoms with Gasteiger partial charge in [0.05, 0.1) is 11.1 Å². The molecule has 0 spiro atoms. The van der Waals surface area contributed by atoms with E-state index in [0.717, 1.165) is 32.1 Å². The molecule has 3 N–H and O–H groups in total. The predicted octanol–water partition coefficient (Wildman–Crippen LogP) is 2.63. The Morgan fingerprint density at radius 1 is 1.48 bits per heavy atom. The van der Waals surface area contributed by atoms with Crippen LogP contribution in [0.15, 0.2) is 18.2 Å². The van der Waals surface area contributed by atoms with Crippen molar-refractivity contribution in [1.29, 1.82) is 0 Å². The number of hydrogen-bond acceptors (Lipinski definition) is 3. The van der Waals surface area contributed by atoms with Crippen LogP contribution in [0.3, 0.4) is 0 Å². The molecular formula is C16H22ClFN2O3. The fraction of sp³-hybridized carbons (Fsp3) is 0.562. The molecule has 0 bridgehead atoms. The third kappa shape index (κ3) is 5.34. The average molecular weight is 345 g/mol. The number of carbonyl (C=O) groups excluding carboxylic acids is 1. The Morgan fingerprint density at radius 3 is 2.83 bits per heavy atom. The number of carbonyl (C=O) groups is 1. The fourth-order valence-electron chi connectivity index (χ4n) is 2.62. The van der Waals surface area contributed by atoms with Gasteiger partial charge in [-0.05, 0) is 43.4 Å². The summed E-state index contributed by atoms with van der Waals surface area (Å²) < 4.78 is 18.7. The maximum Gasteiger partial charge on any atom is 0.315 e. The van der Waals surface area contributed by atoms with Crippen molar-refractivity contribution in [2.45, 2.75) is 31.9 Å². The summed E-state index contributed by atoms with van der Waals surface area (Å²) in [4.78, 5) is 11.9. The van der Waals surface area contributed by atoms with E-state index in [9.17, 15) is 14.3 Å². The number of hydrogen-bond donors (Lipinski definition) is 3. The van der Waals surface area contributed by atoms with Gasteiger partial charge in [-0.1, -0.05) is 17.7 Å². The predicted molar refractivity (Wildman–Crippen MR) is 85.9 cm³/mol. The van der Waals surface area contributed by atoms with Crippen LogP contribution in [-0.2, 0) is 4.74 Å². The van der Waals surface area contributed by atoms with Gasteiger partial charge in [0, 0.05) is 25.8 Å². The highest BCUT2D eigenvalue weighted by Gasteiger charge is 2.22. The van der Waals surface area contributed by atoms with Crippen LogP contribution in [0, 0.1) is 11.7 Å². The standard InChI is InChI=1S/C16H22ClFN2O3/c1-10(11-4-6-23-7-5-11)20-16(22)19-9-15(21)12-2-3-13(17)14(18)8-12/h2-3,8,10-11,15,21H,4-7,9H2,1H3,(H2,19,20,22)/t10-,15-/m0/s1. The highest BCUT2D eigenvalue weighted by atomic mass is 35.5. The summed E-state index contributed by atoms with van der Waals surface area (Å²) in [5.74, 6) is -0.203. The molecule has 1 saturated heterocycles. The molecular weight excluding hydrogens is 323 g/mol. The van der Waals surface area contributed by atoms with Gasteiger partial charge in [-0.15, -0.1) is 0 Å². The van der Waals surface area contributed by atoms with Crippen LogP contribution in [0.5, 0.6) is 0 Å². The van der Waals surface area contributed by atoms with Gasteiger partial charge in [0.1, 0.15) is 5.82 Å². The summed E-state index contributed by atoms with van der Waals surface area (Å²) in [6.07, 6.45) is 0.855. The number of amides is 2. The molecule has 0 saturated carbocycles. The summed E-state index contributed by atoms with van der Waals surface area (Å²) in [5.41, 5.74) is 0.365. The summed E-state index contributed by atoms with van der Waals surface area (Å²) in [5, 5.41) is 15.5. The fourth-order valence-corrected chi connectivity index (χ4v) is 2.74. The third-order valence-corrected chi connectivity index (χ3v) is 4.42. The van der Waals surface area contributed by atoms with Gasteiger partial charge in [0.25, 0.3) is 0 Å². The summed E-state index contributed by atoms with van der Waals surface area (Å²) in [6.45, 7) is 3.40. The number of nitrogens with one attached hydrogen (secondary N) is 2. The minimum atomic E-state index is -0.995. The molecule has 1 fully saturated rings. The minimum Gasteiger partial charge on any atom is -0.387 e. The molecule has 5 nitrogen and oxygen atoms in total. The first-order chi connectivity index (χ1) is 11.0. The number of benzene rings is 1. The van der Waals surface area contributed by atoms with Crippen molar-refractivity contribution >= 4 is 17.6 Å². The zero-order valence-corrected chi connectivity index (χ0v) is 13.8. The molecule has 2 atom stereocenters. The molecule has 0 aromatic heterocycles. The molecule has 0 radical (unpaired) electrons. The van der Waals surface area contributed by atoms with Gasteiger partial charge >= 0.3 is 6.03 Å². The molecule has 1 aromatic carbocycles. The van der Waals surface area contributed by atoms with Crippen LogP contribution in [0.2, 0.25) is 5.02 Å². The van der Waals surface area contributed by atoms with Crippen molar-refractivity contribution in [2.75, 3.05) is 19.8 Å². The maximum atomic E-state index is 13.4. The molecule has 1 aliphatic heterocycles. The van der Waals surface area contributed by atoms with Crippen LogP contribution in [0.4, 0.5) is 9.18 Å². The Balaban J connectivity index is 1.77. The average Bonchev–Trinajstić information content (AvgIpc) is 2.56. The Morgan fingerprint density at radius 2 is 2.17 bits per heavy atom. The van der Waals surface area contributed by atoms with Gasteiger partial charge in [0.2, 0.25) is 0 Å². The number of ether oxygens (including phenoxy) is 1.